The number of hydrogen-bond acceptors (Lipinski definition) is 3. The quantitative estimate of drug-likeness (QED) is 0.797. The molecule has 0 amide bonds. The molecule has 2 unspecified atom stereocenters. The van der Waals surface area contributed by atoms with Gasteiger partial charge in [-0.05, 0) is 37.5 Å². The van der Waals surface area contributed by atoms with E-state index >= 15 is 0 Å². The molecule has 1 N–H and O–H groups in total. The third-order valence-electron chi connectivity index (χ3n) is 3.01. The first kappa shape index (κ1) is 12.7. The Labute approximate surface area is 96.1 Å². The number of methoxy groups -OCH3 is 1. The number of benzene rings is 1. The van der Waals surface area contributed by atoms with Crippen LogP contribution < -0.4 is 0 Å². The highest BCUT2D eigenvalue weighted by Crippen LogP contribution is 2.26. The zero-order valence-corrected chi connectivity index (χ0v) is 10.2. The molecule has 1 aromatic carbocycles. The second-order valence-corrected chi connectivity index (χ2v) is 4.05. The van der Waals surface area contributed by atoms with Crippen molar-refractivity contribution in [1.29, 1.82) is 0 Å². The molecular formula is C13H18O3. The summed E-state index contributed by atoms with van der Waals surface area (Å²) in [7, 11) is 1.33. The number of carbonyl (C=O) groups is 1. The monoisotopic (exact) mass is 222 g/mol. The van der Waals surface area contributed by atoms with Gasteiger partial charge in [-0.1, -0.05) is 18.2 Å². The van der Waals surface area contributed by atoms with Crippen LogP contribution >= 0.6 is 0 Å². The van der Waals surface area contributed by atoms with Gasteiger partial charge in [0.05, 0.1) is 19.1 Å². The van der Waals surface area contributed by atoms with Crippen molar-refractivity contribution in [3.8, 4) is 0 Å². The van der Waals surface area contributed by atoms with Crippen LogP contribution in [0, 0.1) is 19.8 Å². The Bertz CT molecular complexity index is 385. The summed E-state index contributed by atoms with van der Waals surface area (Å²) in [5.74, 6) is -0.945. The standard InChI is InChI=1S/C13H18O3/c1-8-6-5-7-11(9(8)2)12(14)10(3)13(15)16-4/h5-7,10,12,14H,1-4H3. The SMILES string of the molecule is COC(=O)C(C)C(O)c1cccc(C)c1C. The van der Waals surface area contributed by atoms with E-state index in [0.29, 0.717) is 0 Å². The topological polar surface area (TPSA) is 46.5 Å². The van der Waals surface area contributed by atoms with E-state index in [1.807, 2.05) is 32.0 Å². The van der Waals surface area contributed by atoms with Gasteiger partial charge in [0.25, 0.3) is 0 Å². The average molecular weight is 222 g/mol. The van der Waals surface area contributed by atoms with Gasteiger partial charge < -0.3 is 9.84 Å². The first-order valence-corrected chi connectivity index (χ1v) is 5.31. The van der Waals surface area contributed by atoms with Crippen LogP contribution in [0.1, 0.15) is 29.7 Å². The minimum Gasteiger partial charge on any atom is -0.469 e. The predicted octanol–water partition coefficient (Wildman–Crippen LogP) is 2.15. The Morgan fingerprint density at radius 1 is 1.38 bits per heavy atom. The van der Waals surface area contributed by atoms with Gasteiger partial charge in [-0.15, -0.1) is 0 Å². The van der Waals surface area contributed by atoms with Gasteiger partial charge in [-0.25, -0.2) is 0 Å². The fourth-order valence-electron chi connectivity index (χ4n) is 1.68. The number of ether oxygens (including phenoxy) is 1. The number of aryl methyl sites for hydroxylation is 1. The first-order valence-electron chi connectivity index (χ1n) is 5.31. The fraction of sp³-hybridized carbons (Fsp3) is 0.462. The Morgan fingerprint density at radius 2 is 2.00 bits per heavy atom. The Balaban J connectivity index is 3.00. The summed E-state index contributed by atoms with van der Waals surface area (Å²) in [5.41, 5.74) is 2.91. The molecule has 3 nitrogen and oxygen atoms in total. The summed E-state index contributed by atoms with van der Waals surface area (Å²) < 4.78 is 4.63. The molecule has 88 valence electrons. The summed E-state index contributed by atoms with van der Waals surface area (Å²) in [6, 6.07) is 5.70. The fourth-order valence-corrected chi connectivity index (χ4v) is 1.68. The normalized spacial score (nSPS) is 14.3. The zero-order chi connectivity index (χ0) is 12.3. The van der Waals surface area contributed by atoms with Crippen LogP contribution in [0.2, 0.25) is 0 Å². The second-order valence-electron chi connectivity index (χ2n) is 4.05. The van der Waals surface area contributed by atoms with Crippen molar-refractivity contribution < 1.29 is 14.6 Å². The molecule has 0 saturated heterocycles. The van der Waals surface area contributed by atoms with E-state index in [9.17, 15) is 9.90 Å². The van der Waals surface area contributed by atoms with Crippen LogP contribution in [0.5, 0.6) is 0 Å². The largest absolute Gasteiger partial charge is 0.469 e. The van der Waals surface area contributed by atoms with Crippen LogP contribution in [-0.4, -0.2) is 18.2 Å². The average Bonchev–Trinajstić information content (AvgIpc) is 2.29. The summed E-state index contributed by atoms with van der Waals surface area (Å²) in [4.78, 5) is 11.3. The van der Waals surface area contributed by atoms with Crippen molar-refractivity contribution in [3.63, 3.8) is 0 Å². The molecule has 16 heavy (non-hydrogen) atoms. The van der Waals surface area contributed by atoms with Crippen molar-refractivity contribution in [1.82, 2.24) is 0 Å². The number of aliphatic hydroxyl groups is 1. The first-order chi connectivity index (χ1) is 7.49. The molecular weight excluding hydrogens is 204 g/mol. The lowest BCUT2D eigenvalue weighted by Gasteiger charge is -2.19. The van der Waals surface area contributed by atoms with Crippen molar-refractivity contribution in [3.05, 3.63) is 34.9 Å². The smallest absolute Gasteiger partial charge is 0.311 e. The Morgan fingerprint density at radius 3 is 2.56 bits per heavy atom. The molecule has 1 aromatic rings. The molecule has 0 saturated carbocycles. The van der Waals surface area contributed by atoms with E-state index < -0.39 is 18.0 Å². The van der Waals surface area contributed by atoms with E-state index in [1.54, 1.807) is 6.92 Å². The Kier molecular flexibility index (Phi) is 4.07. The molecule has 0 radical (unpaired) electrons. The van der Waals surface area contributed by atoms with Crippen LogP contribution in [0.25, 0.3) is 0 Å². The van der Waals surface area contributed by atoms with Crippen molar-refractivity contribution in [2.45, 2.75) is 26.9 Å². The molecule has 0 aliphatic carbocycles. The van der Waals surface area contributed by atoms with E-state index in [4.69, 9.17) is 0 Å². The molecule has 0 fully saturated rings. The van der Waals surface area contributed by atoms with E-state index in [-0.39, 0.29) is 0 Å². The van der Waals surface area contributed by atoms with Crippen molar-refractivity contribution >= 4 is 5.97 Å². The lowest BCUT2D eigenvalue weighted by atomic mass is 9.92. The van der Waals surface area contributed by atoms with Gasteiger partial charge >= 0.3 is 5.97 Å². The molecule has 0 aliphatic rings. The highest BCUT2D eigenvalue weighted by Gasteiger charge is 2.25. The number of rotatable bonds is 3. The lowest BCUT2D eigenvalue weighted by molar-refractivity contribution is -0.148. The van der Waals surface area contributed by atoms with Gasteiger partial charge in [-0.2, -0.15) is 0 Å². The maximum absolute atomic E-state index is 11.3. The molecule has 1 rings (SSSR count). The van der Waals surface area contributed by atoms with E-state index in [1.165, 1.54) is 7.11 Å². The highest BCUT2D eigenvalue weighted by molar-refractivity contribution is 5.72. The molecule has 2 atom stereocenters. The van der Waals surface area contributed by atoms with Crippen LogP contribution in [0.4, 0.5) is 0 Å². The Hall–Kier alpha value is -1.35. The predicted molar refractivity (Wildman–Crippen MR) is 62.1 cm³/mol. The van der Waals surface area contributed by atoms with Gasteiger partial charge in [0.15, 0.2) is 0 Å². The molecule has 0 aliphatic heterocycles. The van der Waals surface area contributed by atoms with Crippen LogP contribution in [-0.2, 0) is 9.53 Å². The minimum absolute atomic E-state index is 0.395. The third kappa shape index (κ3) is 2.42. The lowest BCUT2D eigenvalue weighted by Crippen LogP contribution is -2.21. The van der Waals surface area contributed by atoms with Gasteiger partial charge in [0.1, 0.15) is 0 Å². The highest BCUT2D eigenvalue weighted by atomic mass is 16.5. The molecule has 0 spiro atoms. The molecule has 0 heterocycles. The van der Waals surface area contributed by atoms with Crippen LogP contribution in [0.3, 0.4) is 0 Å². The van der Waals surface area contributed by atoms with E-state index in [0.717, 1.165) is 16.7 Å². The van der Waals surface area contributed by atoms with Crippen molar-refractivity contribution in [2.24, 2.45) is 5.92 Å². The van der Waals surface area contributed by atoms with Gasteiger partial charge in [0.2, 0.25) is 0 Å². The van der Waals surface area contributed by atoms with Crippen molar-refractivity contribution in [2.75, 3.05) is 7.11 Å². The number of hydrogen-bond donors (Lipinski definition) is 1. The molecule has 0 aromatic heterocycles. The number of carbonyl (C=O) groups excluding carboxylic acids is 1. The number of esters is 1. The number of aliphatic hydroxyl groups excluding tert-OH is 1. The van der Waals surface area contributed by atoms with Crippen LogP contribution in [0.15, 0.2) is 18.2 Å². The maximum atomic E-state index is 11.3. The van der Waals surface area contributed by atoms with Gasteiger partial charge in [-0.3, -0.25) is 4.79 Å². The summed E-state index contributed by atoms with van der Waals surface area (Å²) in [6.45, 7) is 5.59. The third-order valence-corrected chi connectivity index (χ3v) is 3.01. The van der Waals surface area contributed by atoms with E-state index in [2.05, 4.69) is 4.74 Å². The maximum Gasteiger partial charge on any atom is 0.311 e. The second kappa shape index (κ2) is 5.12. The summed E-state index contributed by atoms with van der Waals surface area (Å²) in [6.07, 6.45) is -0.813. The molecule has 0 bridgehead atoms. The zero-order valence-electron chi connectivity index (χ0n) is 10.2. The van der Waals surface area contributed by atoms with Gasteiger partial charge in [0, 0.05) is 0 Å². The summed E-state index contributed by atoms with van der Waals surface area (Å²) >= 11 is 0. The summed E-state index contributed by atoms with van der Waals surface area (Å²) in [5, 5.41) is 10.1. The molecule has 3 heteroatoms. The minimum atomic E-state index is -0.813.